The van der Waals surface area contributed by atoms with E-state index < -0.39 is 0 Å². The smallest absolute Gasteiger partial charge is 0.253 e. The van der Waals surface area contributed by atoms with Crippen LogP contribution in [0.1, 0.15) is 36.5 Å². The van der Waals surface area contributed by atoms with Gasteiger partial charge in [0.05, 0.1) is 0 Å². The summed E-state index contributed by atoms with van der Waals surface area (Å²) in [6, 6.07) is 4.12. The van der Waals surface area contributed by atoms with Crippen LogP contribution in [0.3, 0.4) is 0 Å². The third-order valence-corrected chi connectivity index (χ3v) is 2.67. The minimum Gasteiger partial charge on any atom is -0.504 e. The lowest BCUT2D eigenvalue weighted by Crippen LogP contribution is -2.27. The minimum atomic E-state index is -0.266. The summed E-state index contributed by atoms with van der Waals surface area (Å²) >= 11 is 0. The van der Waals surface area contributed by atoms with Crippen LogP contribution in [-0.4, -0.2) is 34.6 Å². The van der Waals surface area contributed by atoms with Gasteiger partial charge in [-0.05, 0) is 24.6 Å². The van der Waals surface area contributed by atoms with E-state index >= 15 is 0 Å². The Labute approximate surface area is 101 Å². The number of carbonyl (C=O) groups is 1. The minimum absolute atomic E-state index is 0.142. The van der Waals surface area contributed by atoms with E-state index in [0.717, 1.165) is 19.3 Å². The van der Waals surface area contributed by atoms with Gasteiger partial charge in [-0.2, -0.15) is 0 Å². The number of unbranched alkanes of at least 4 members (excludes halogenated alkanes) is 2. The van der Waals surface area contributed by atoms with E-state index in [4.69, 9.17) is 5.11 Å². The van der Waals surface area contributed by atoms with Crippen LogP contribution in [0.15, 0.2) is 18.2 Å². The molecule has 1 aromatic carbocycles. The molecule has 0 spiro atoms. The first-order valence-corrected chi connectivity index (χ1v) is 5.83. The first-order valence-electron chi connectivity index (χ1n) is 5.83. The van der Waals surface area contributed by atoms with Crippen LogP contribution >= 0.6 is 0 Å². The monoisotopic (exact) mass is 237 g/mol. The van der Waals surface area contributed by atoms with Crippen molar-refractivity contribution >= 4 is 5.91 Å². The molecule has 4 nitrogen and oxygen atoms in total. The Kier molecular flexibility index (Phi) is 4.82. The maximum absolute atomic E-state index is 11.9. The molecule has 1 amide bonds. The van der Waals surface area contributed by atoms with Crippen LogP contribution < -0.4 is 0 Å². The van der Waals surface area contributed by atoms with Gasteiger partial charge in [0, 0.05) is 19.2 Å². The quantitative estimate of drug-likeness (QED) is 0.610. The highest BCUT2D eigenvalue weighted by atomic mass is 16.3. The number of rotatable bonds is 5. The number of phenolic OH excluding ortho intramolecular Hbond substituents is 2. The molecule has 17 heavy (non-hydrogen) atoms. The fourth-order valence-corrected chi connectivity index (χ4v) is 1.58. The molecule has 0 bridgehead atoms. The van der Waals surface area contributed by atoms with Crippen LogP contribution in [-0.2, 0) is 0 Å². The average molecular weight is 237 g/mol. The van der Waals surface area contributed by atoms with Gasteiger partial charge in [0.1, 0.15) is 0 Å². The summed E-state index contributed by atoms with van der Waals surface area (Å²) in [4.78, 5) is 13.6. The molecule has 0 atom stereocenters. The van der Waals surface area contributed by atoms with Gasteiger partial charge in [-0.25, -0.2) is 0 Å². The van der Waals surface area contributed by atoms with Crippen molar-refractivity contribution in [1.29, 1.82) is 0 Å². The number of hydrogen-bond acceptors (Lipinski definition) is 3. The third kappa shape index (κ3) is 3.66. The van der Waals surface area contributed by atoms with Crippen LogP contribution in [0, 0.1) is 0 Å². The van der Waals surface area contributed by atoms with Crippen molar-refractivity contribution in [2.75, 3.05) is 13.6 Å². The van der Waals surface area contributed by atoms with E-state index in [-0.39, 0.29) is 17.4 Å². The fraction of sp³-hybridized carbons (Fsp3) is 0.462. The highest BCUT2D eigenvalue weighted by Gasteiger charge is 2.12. The molecule has 0 saturated heterocycles. The molecule has 0 aliphatic carbocycles. The predicted octanol–water partition coefficient (Wildman–Crippen LogP) is 2.36. The molecule has 4 heteroatoms. The Balaban J connectivity index is 2.65. The van der Waals surface area contributed by atoms with Crippen LogP contribution in [0.2, 0.25) is 0 Å². The second kappa shape index (κ2) is 6.13. The average Bonchev–Trinajstić information content (AvgIpc) is 2.32. The molecule has 0 saturated carbocycles. The third-order valence-electron chi connectivity index (χ3n) is 2.67. The topological polar surface area (TPSA) is 60.8 Å². The fourth-order valence-electron chi connectivity index (χ4n) is 1.58. The molecule has 0 unspecified atom stereocenters. The van der Waals surface area contributed by atoms with Gasteiger partial charge in [-0.1, -0.05) is 19.8 Å². The van der Waals surface area contributed by atoms with E-state index in [2.05, 4.69) is 6.92 Å². The van der Waals surface area contributed by atoms with Gasteiger partial charge in [-0.3, -0.25) is 4.79 Å². The molecule has 0 heterocycles. The van der Waals surface area contributed by atoms with Crippen molar-refractivity contribution in [2.45, 2.75) is 26.2 Å². The summed E-state index contributed by atoms with van der Waals surface area (Å²) in [5, 5.41) is 18.5. The molecule has 0 fully saturated rings. The first kappa shape index (κ1) is 13.4. The second-order valence-corrected chi connectivity index (χ2v) is 4.14. The molecule has 1 rings (SSSR count). The number of hydrogen-bond donors (Lipinski definition) is 2. The van der Waals surface area contributed by atoms with Crippen molar-refractivity contribution in [2.24, 2.45) is 0 Å². The highest BCUT2D eigenvalue weighted by Crippen LogP contribution is 2.25. The van der Waals surface area contributed by atoms with Crippen molar-refractivity contribution in [3.05, 3.63) is 23.8 Å². The number of phenols is 2. The van der Waals surface area contributed by atoms with Crippen molar-refractivity contribution in [1.82, 2.24) is 4.90 Å². The van der Waals surface area contributed by atoms with E-state index in [1.165, 1.54) is 18.2 Å². The number of amides is 1. The Morgan fingerprint density at radius 1 is 1.24 bits per heavy atom. The number of benzene rings is 1. The van der Waals surface area contributed by atoms with Crippen LogP contribution in [0.4, 0.5) is 0 Å². The lowest BCUT2D eigenvalue weighted by Gasteiger charge is -2.17. The molecule has 2 N–H and O–H groups in total. The molecule has 94 valence electrons. The normalized spacial score (nSPS) is 10.2. The Morgan fingerprint density at radius 2 is 1.94 bits per heavy atom. The first-order chi connectivity index (χ1) is 8.06. The maximum atomic E-state index is 11.9. The van der Waals surface area contributed by atoms with Gasteiger partial charge in [0.2, 0.25) is 0 Å². The van der Waals surface area contributed by atoms with E-state index in [1.807, 2.05) is 0 Å². The molecule has 0 aliphatic heterocycles. The summed E-state index contributed by atoms with van der Waals surface area (Å²) < 4.78 is 0. The van der Waals surface area contributed by atoms with Gasteiger partial charge < -0.3 is 15.1 Å². The lowest BCUT2D eigenvalue weighted by molar-refractivity contribution is 0.0792. The van der Waals surface area contributed by atoms with Gasteiger partial charge in [-0.15, -0.1) is 0 Å². The van der Waals surface area contributed by atoms with Crippen LogP contribution in [0.5, 0.6) is 11.5 Å². The van der Waals surface area contributed by atoms with Gasteiger partial charge >= 0.3 is 0 Å². The molecule has 0 radical (unpaired) electrons. The number of carbonyl (C=O) groups excluding carboxylic acids is 1. The van der Waals surface area contributed by atoms with E-state index in [0.29, 0.717) is 12.1 Å². The molecule has 1 aromatic rings. The second-order valence-electron chi connectivity index (χ2n) is 4.14. The van der Waals surface area contributed by atoms with Crippen molar-refractivity contribution in [3.63, 3.8) is 0 Å². The zero-order valence-electron chi connectivity index (χ0n) is 10.3. The van der Waals surface area contributed by atoms with Crippen molar-refractivity contribution in [3.8, 4) is 11.5 Å². The molecular weight excluding hydrogens is 218 g/mol. The molecule has 0 aromatic heterocycles. The summed E-state index contributed by atoms with van der Waals surface area (Å²) in [6.45, 7) is 2.81. The molecular formula is C13H19NO3. The standard InChI is InChI=1S/C13H19NO3/c1-3-4-5-8-14(2)13(17)10-6-7-11(15)12(16)9-10/h6-7,9,15-16H,3-5,8H2,1-2H3. The lowest BCUT2D eigenvalue weighted by atomic mass is 10.1. The Hall–Kier alpha value is -1.71. The zero-order valence-corrected chi connectivity index (χ0v) is 10.3. The number of aromatic hydroxyl groups is 2. The summed E-state index contributed by atoms with van der Waals surface area (Å²) in [7, 11) is 1.74. The van der Waals surface area contributed by atoms with Gasteiger partial charge in [0.15, 0.2) is 11.5 Å². The summed E-state index contributed by atoms with van der Waals surface area (Å²) in [5.41, 5.74) is 0.388. The molecule has 0 aliphatic rings. The van der Waals surface area contributed by atoms with Crippen LogP contribution in [0.25, 0.3) is 0 Å². The largest absolute Gasteiger partial charge is 0.504 e. The summed E-state index contributed by atoms with van der Waals surface area (Å²) in [6.07, 6.45) is 3.18. The number of nitrogens with zero attached hydrogens (tertiary/aromatic N) is 1. The van der Waals surface area contributed by atoms with Gasteiger partial charge in [0.25, 0.3) is 5.91 Å². The van der Waals surface area contributed by atoms with E-state index in [9.17, 15) is 9.90 Å². The summed E-state index contributed by atoms with van der Waals surface area (Å²) in [5.74, 6) is -0.621. The van der Waals surface area contributed by atoms with Crippen molar-refractivity contribution < 1.29 is 15.0 Å². The maximum Gasteiger partial charge on any atom is 0.253 e. The SMILES string of the molecule is CCCCCN(C)C(=O)c1ccc(O)c(O)c1. The Morgan fingerprint density at radius 3 is 2.53 bits per heavy atom. The predicted molar refractivity (Wildman–Crippen MR) is 66.3 cm³/mol. The zero-order chi connectivity index (χ0) is 12.8. The Bertz CT molecular complexity index is 390. The highest BCUT2D eigenvalue weighted by molar-refractivity contribution is 5.94. The van der Waals surface area contributed by atoms with E-state index in [1.54, 1.807) is 11.9 Å².